The molecule has 0 fully saturated rings. The zero-order chi connectivity index (χ0) is 29.4. The summed E-state index contributed by atoms with van der Waals surface area (Å²) in [6, 6.07) is 17.6. The van der Waals surface area contributed by atoms with E-state index in [4.69, 9.17) is 16.3 Å². The fraction of sp³-hybridized carbons (Fsp3) is 0.333. The molecule has 40 heavy (non-hydrogen) atoms. The van der Waals surface area contributed by atoms with Gasteiger partial charge >= 0.3 is 0 Å². The molecule has 10 heteroatoms. The highest BCUT2D eigenvalue weighted by Gasteiger charge is 2.33. The number of hydrogen-bond donors (Lipinski definition) is 1. The van der Waals surface area contributed by atoms with Gasteiger partial charge < -0.3 is 15.0 Å². The molecule has 8 nitrogen and oxygen atoms in total. The summed E-state index contributed by atoms with van der Waals surface area (Å²) >= 11 is 6.36. The molecule has 0 heterocycles. The van der Waals surface area contributed by atoms with E-state index < -0.39 is 28.5 Å². The van der Waals surface area contributed by atoms with E-state index in [1.807, 2.05) is 45.0 Å². The lowest BCUT2D eigenvalue weighted by atomic mass is 10.1. The van der Waals surface area contributed by atoms with Crippen molar-refractivity contribution in [2.45, 2.75) is 51.6 Å². The van der Waals surface area contributed by atoms with Crippen LogP contribution >= 0.6 is 11.6 Å². The van der Waals surface area contributed by atoms with Gasteiger partial charge in [-0.1, -0.05) is 60.5 Å². The van der Waals surface area contributed by atoms with E-state index in [0.717, 1.165) is 27.4 Å². The predicted octanol–water partition coefficient (Wildman–Crippen LogP) is 5.10. The number of carbonyl (C=O) groups is 2. The SMILES string of the molecule is CCCNC(=O)[C@H](C)N(Cc1ccccc1C)C(=O)CN(c1ccc(OC)c(Cl)c1)S(=O)(=O)c1ccc(C)cc1. The maximum Gasteiger partial charge on any atom is 0.264 e. The number of rotatable bonds is 12. The van der Waals surface area contributed by atoms with Crippen LogP contribution in [0.3, 0.4) is 0 Å². The van der Waals surface area contributed by atoms with Crippen molar-refractivity contribution in [1.29, 1.82) is 0 Å². The Kier molecular flexibility index (Phi) is 10.6. The van der Waals surface area contributed by atoms with Crippen molar-refractivity contribution >= 4 is 39.1 Å². The van der Waals surface area contributed by atoms with Gasteiger partial charge in [0.25, 0.3) is 10.0 Å². The number of sulfonamides is 1. The van der Waals surface area contributed by atoms with Crippen LogP contribution in [0.5, 0.6) is 5.75 Å². The Balaban J connectivity index is 2.07. The van der Waals surface area contributed by atoms with Crippen molar-refractivity contribution in [3.63, 3.8) is 0 Å². The Morgan fingerprint density at radius 3 is 2.30 bits per heavy atom. The van der Waals surface area contributed by atoms with Crippen LogP contribution in [0.15, 0.2) is 71.6 Å². The maximum absolute atomic E-state index is 14.0. The van der Waals surface area contributed by atoms with Crippen molar-refractivity contribution in [1.82, 2.24) is 10.2 Å². The number of benzene rings is 3. The number of hydrogen-bond acceptors (Lipinski definition) is 5. The van der Waals surface area contributed by atoms with Gasteiger partial charge in [-0.15, -0.1) is 0 Å². The summed E-state index contributed by atoms with van der Waals surface area (Å²) in [4.78, 5) is 28.4. The van der Waals surface area contributed by atoms with Crippen molar-refractivity contribution in [2.24, 2.45) is 0 Å². The first-order valence-electron chi connectivity index (χ1n) is 13.0. The molecule has 3 aromatic rings. The van der Waals surface area contributed by atoms with Crippen molar-refractivity contribution in [3.8, 4) is 5.75 Å². The number of halogens is 1. The summed E-state index contributed by atoms with van der Waals surface area (Å²) < 4.78 is 34.1. The van der Waals surface area contributed by atoms with Crippen LogP contribution in [0, 0.1) is 13.8 Å². The van der Waals surface area contributed by atoms with Gasteiger partial charge in [-0.2, -0.15) is 0 Å². The third-order valence-corrected chi connectivity index (χ3v) is 8.71. The summed E-state index contributed by atoms with van der Waals surface area (Å²) in [6.07, 6.45) is 0.741. The normalized spacial score (nSPS) is 11.9. The summed E-state index contributed by atoms with van der Waals surface area (Å²) in [5.41, 5.74) is 2.89. The van der Waals surface area contributed by atoms with E-state index in [2.05, 4.69) is 5.32 Å². The molecule has 1 atom stereocenters. The van der Waals surface area contributed by atoms with Gasteiger partial charge in [-0.05, 0) is 68.7 Å². The van der Waals surface area contributed by atoms with E-state index in [0.29, 0.717) is 12.3 Å². The van der Waals surface area contributed by atoms with Crippen LogP contribution in [-0.4, -0.2) is 51.4 Å². The number of anilines is 1. The van der Waals surface area contributed by atoms with Crippen LogP contribution in [0.2, 0.25) is 5.02 Å². The third kappa shape index (κ3) is 7.34. The molecule has 0 unspecified atom stereocenters. The number of carbonyl (C=O) groups excluding carboxylic acids is 2. The molecular weight excluding hydrogens is 550 g/mol. The van der Waals surface area contributed by atoms with Gasteiger partial charge in [0.2, 0.25) is 11.8 Å². The smallest absolute Gasteiger partial charge is 0.264 e. The van der Waals surface area contributed by atoms with Gasteiger partial charge in [-0.25, -0.2) is 8.42 Å². The second-order valence-corrected chi connectivity index (χ2v) is 11.8. The highest BCUT2D eigenvalue weighted by Crippen LogP contribution is 2.32. The topological polar surface area (TPSA) is 96.0 Å². The van der Waals surface area contributed by atoms with Gasteiger partial charge in [-0.3, -0.25) is 13.9 Å². The first kappa shape index (κ1) is 31.0. The molecule has 0 aliphatic rings. The van der Waals surface area contributed by atoms with E-state index in [1.54, 1.807) is 25.1 Å². The third-order valence-electron chi connectivity index (χ3n) is 6.63. The van der Waals surface area contributed by atoms with Gasteiger partial charge in [0.05, 0.1) is 22.7 Å². The first-order chi connectivity index (χ1) is 19.0. The molecular formula is C30H36ClN3O5S. The van der Waals surface area contributed by atoms with Crippen LogP contribution in [-0.2, 0) is 26.2 Å². The molecule has 0 saturated heterocycles. The number of aryl methyl sites for hydroxylation is 2. The number of ether oxygens (including phenoxy) is 1. The minimum atomic E-state index is -4.19. The van der Waals surface area contributed by atoms with Crippen LogP contribution in [0.1, 0.15) is 37.0 Å². The molecule has 3 rings (SSSR count). The lowest BCUT2D eigenvalue weighted by Crippen LogP contribution is -2.51. The Hall–Kier alpha value is -3.56. The van der Waals surface area contributed by atoms with Gasteiger partial charge in [0.15, 0.2) is 0 Å². The van der Waals surface area contributed by atoms with Crippen LogP contribution < -0.4 is 14.4 Å². The molecule has 0 aromatic heterocycles. The number of nitrogens with one attached hydrogen (secondary N) is 1. The Labute approximate surface area is 241 Å². The Morgan fingerprint density at radius 2 is 1.70 bits per heavy atom. The summed E-state index contributed by atoms with van der Waals surface area (Å²) in [6.45, 7) is 7.42. The van der Waals surface area contributed by atoms with Crippen LogP contribution in [0.4, 0.5) is 5.69 Å². The minimum absolute atomic E-state index is 0.0250. The van der Waals surface area contributed by atoms with E-state index in [9.17, 15) is 18.0 Å². The largest absolute Gasteiger partial charge is 0.495 e. The summed E-state index contributed by atoms with van der Waals surface area (Å²) in [5.74, 6) is -0.485. The average molecular weight is 586 g/mol. The van der Waals surface area contributed by atoms with Crippen molar-refractivity contribution < 1.29 is 22.7 Å². The van der Waals surface area contributed by atoms with Crippen molar-refractivity contribution in [2.75, 3.05) is 24.5 Å². The molecule has 0 aliphatic carbocycles. The highest BCUT2D eigenvalue weighted by atomic mass is 35.5. The number of amides is 2. The quantitative estimate of drug-likeness (QED) is 0.319. The molecule has 0 bridgehead atoms. The van der Waals surface area contributed by atoms with Gasteiger partial charge in [0.1, 0.15) is 18.3 Å². The number of methoxy groups -OCH3 is 1. The maximum atomic E-state index is 14.0. The molecule has 2 amide bonds. The molecule has 0 radical (unpaired) electrons. The monoisotopic (exact) mass is 585 g/mol. The summed E-state index contributed by atoms with van der Waals surface area (Å²) in [7, 11) is -2.73. The van der Waals surface area contributed by atoms with E-state index >= 15 is 0 Å². The average Bonchev–Trinajstić information content (AvgIpc) is 2.93. The fourth-order valence-electron chi connectivity index (χ4n) is 4.13. The molecule has 0 spiro atoms. The van der Waals surface area contributed by atoms with E-state index in [1.165, 1.54) is 36.3 Å². The Bertz CT molecular complexity index is 1440. The molecule has 0 aliphatic heterocycles. The highest BCUT2D eigenvalue weighted by molar-refractivity contribution is 7.92. The fourth-order valence-corrected chi connectivity index (χ4v) is 5.78. The summed E-state index contributed by atoms with van der Waals surface area (Å²) in [5, 5.41) is 3.03. The predicted molar refractivity (Wildman–Crippen MR) is 158 cm³/mol. The molecule has 1 N–H and O–H groups in total. The Morgan fingerprint density at radius 1 is 1.02 bits per heavy atom. The molecule has 3 aromatic carbocycles. The second kappa shape index (κ2) is 13.7. The van der Waals surface area contributed by atoms with Crippen molar-refractivity contribution in [3.05, 3.63) is 88.4 Å². The molecule has 214 valence electrons. The zero-order valence-corrected chi connectivity index (χ0v) is 25.1. The number of nitrogens with zero attached hydrogens (tertiary/aromatic N) is 2. The van der Waals surface area contributed by atoms with Gasteiger partial charge in [0, 0.05) is 13.1 Å². The zero-order valence-electron chi connectivity index (χ0n) is 23.5. The lowest BCUT2D eigenvalue weighted by molar-refractivity contribution is -0.139. The van der Waals surface area contributed by atoms with Crippen LogP contribution in [0.25, 0.3) is 0 Å². The van der Waals surface area contributed by atoms with E-state index in [-0.39, 0.29) is 28.1 Å². The molecule has 0 saturated carbocycles. The first-order valence-corrected chi connectivity index (χ1v) is 14.9. The lowest BCUT2D eigenvalue weighted by Gasteiger charge is -2.32. The second-order valence-electron chi connectivity index (χ2n) is 9.56. The standard InChI is InChI=1S/C30H36ClN3O5S/c1-6-17-32-30(36)23(4)33(19-24-10-8-7-9-22(24)3)29(35)20-34(25-13-16-28(39-5)27(31)18-25)40(37,38)26-14-11-21(2)12-15-26/h7-16,18,23H,6,17,19-20H2,1-5H3,(H,32,36)/t23-/m0/s1. The minimum Gasteiger partial charge on any atom is -0.495 e.